The Balaban J connectivity index is 1.57. The van der Waals surface area contributed by atoms with Gasteiger partial charge >= 0.3 is 0 Å². The molecule has 4 aromatic rings. The van der Waals surface area contributed by atoms with Crippen molar-refractivity contribution in [3.63, 3.8) is 0 Å². The van der Waals surface area contributed by atoms with Gasteiger partial charge in [0, 0.05) is 17.2 Å². The highest BCUT2D eigenvalue weighted by molar-refractivity contribution is 5.70. The highest BCUT2D eigenvalue weighted by Gasteiger charge is 2.23. The maximum absolute atomic E-state index is 10.7. The summed E-state index contributed by atoms with van der Waals surface area (Å²) in [5.41, 5.74) is 4.61. The highest BCUT2D eigenvalue weighted by atomic mass is 16.6. The lowest BCUT2D eigenvalue weighted by molar-refractivity contribution is 0.262. The van der Waals surface area contributed by atoms with Gasteiger partial charge in [-0.15, -0.1) is 0 Å². The van der Waals surface area contributed by atoms with Crippen LogP contribution in [0, 0.1) is 13.8 Å². The first kappa shape index (κ1) is 20.2. The lowest BCUT2D eigenvalue weighted by Gasteiger charge is -2.11. The maximum atomic E-state index is 10.7. The van der Waals surface area contributed by atoms with Crippen molar-refractivity contribution in [2.24, 2.45) is 0 Å². The zero-order chi connectivity index (χ0) is 22.1. The number of aromatic nitrogens is 3. The fourth-order valence-corrected chi connectivity index (χ4v) is 3.30. The summed E-state index contributed by atoms with van der Waals surface area (Å²) in [4.78, 5) is 14.1. The molecule has 1 aromatic heterocycles. The van der Waals surface area contributed by atoms with Crippen LogP contribution in [0.1, 0.15) is 11.1 Å². The second-order valence-corrected chi connectivity index (χ2v) is 7.98. The van der Waals surface area contributed by atoms with Gasteiger partial charge in [0.1, 0.15) is 24.2 Å². The predicted molar refractivity (Wildman–Crippen MR) is 123 cm³/mol. The molecule has 2 heterocycles. The third kappa shape index (κ3) is 4.45. The standard InChI is InChI=1S/C26H23N3O3/c1-16-3-7-18(8-4-16)24-27-25(19-9-5-17(2)6-10-19)29-26(28-24)22-12-11-20(13-23(22)30)31-14-21-15-32-21/h3-13,21,30H,14-15H2,1-2H3. The molecule has 0 radical (unpaired) electrons. The van der Waals surface area contributed by atoms with Crippen LogP contribution < -0.4 is 4.74 Å². The van der Waals surface area contributed by atoms with Crippen LogP contribution in [-0.4, -0.2) is 39.4 Å². The fraction of sp³-hybridized carbons (Fsp3) is 0.192. The summed E-state index contributed by atoms with van der Waals surface area (Å²) < 4.78 is 10.8. The predicted octanol–water partition coefficient (Wildman–Crippen LogP) is 4.97. The van der Waals surface area contributed by atoms with Crippen molar-refractivity contribution < 1.29 is 14.6 Å². The number of phenolic OH excluding ortho intramolecular Hbond substituents is 1. The minimum atomic E-state index is 0.0510. The van der Waals surface area contributed by atoms with E-state index >= 15 is 0 Å². The van der Waals surface area contributed by atoms with Crippen molar-refractivity contribution >= 4 is 0 Å². The molecule has 5 rings (SSSR count). The molecule has 0 saturated carbocycles. The lowest BCUT2D eigenvalue weighted by atomic mass is 10.1. The average Bonchev–Trinajstić information content (AvgIpc) is 3.63. The Labute approximate surface area is 186 Å². The molecule has 1 fully saturated rings. The number of hydrogen-bond donors (Lipinski definition) is 1. The monoisotopic (exact) mass is 425 g/mol. The lowest BCUT2D eigenvalue weighted by Crippen LogP contribution is -2.04. The van der Waals surface area contributed by atoms with Gasteiger partial charge in [0.05, 0.1) is 12.2 Å². The van der Waals surface area contributed by atoms with E-state index < -0.39 is 0 Å². The molecule has 32 heavy (non-hydrogen) atoms. The molecule has 6 heteroatoms. The van der Waals surface area contributed by atoms with Gasteiger partial charge in [-0.2, -0.15) is 0 Å². The van der Waals surface area contributed by atoms with E-state index in [4.69, 9.17) is 14.5 Å². The molecule has 1 unspecified atom stereocenters. The summed E-state index contributed by atoms with van der Waals surface area (Å²) in [5.74, 6) is 2.14. The van der Waals surface area contributed by atoms with Crippen LogP contribution in [0.15, 0.2) is 66.7 Å². The minimum Gasteiger partial charge on any atom is -0.507 e. The molecule has 160 valence electrons. The van der Waals surface area contributed by atoms with Gasteiger partial charge in [-0.25, -0.2) is 15.0 Å². The van der Waals surface area contributed by atoms with E-state index in [1.807, 2.05) is 62.4 Å². The number of aromatic hydroxyl groups is 1. The summed E-state index contributed by atoms with van der Waals surface area (Å²) in [6.07, 6.45) is 0.148. The number of rotatable bonds is 6. The zero-order valence-corrected chi connectivity index (χ0v) is 17.9. The van der Waals surface area contributed by atoms with Gasteiger partial charge < -0.3 is 14.6 Å². The van der Waals surface area contributed by atoms with E-state index in [0.717, 1.165) is 28.9 Å². The number of epoxide rings is 1. The van der Waals surface area contributed by atoms with Crippen LogP contribution in [0.5, 0.6) is 11.5 Å². The summed E-state index contributed by atoms with van der Waals surface area (Å²) >= 11 is 0. The van der Waals surface area contributed by atoms with Crippen LogP contribution in [0.3, 0.4) is 0 Å². The zero-order valence-electron chi connectivity index (χ0n) is 17.9. The first-order valence-electron chi connectivity index (χ1n) is 10.5. The second-order valence-electron chi connectivity index (χ2n) is 7.98. The topological polar surface area (TPSA) is 80.7 Å². The summed E-state index contributed by atoms with van der Waals surface area (Å²) in [6, 6.07) is 21.2. The number of aryl methyl sites for hydroxylation is 2. The number of phenols is 1. The van der Waals surface area contributed by atoms with Crippen molar-refractivity contribution in [3.05, 3.63) is 77.9 Å². The van der Waals surface area contributed by atoms with E-state index in [9.17, 15) is 5.11 Å². The Morgan fingerprint density at radius 1 is 0.812 bits per heavy atom. The van der Waals surface area contributed by atoms with Crippen LogP contribution in [0.25, 0.3) is 34.2 Å². The fourth-order valence-electron chi connectivity index (χ4n) is 3.30. The van der Waals surface area contributed by atoms with Crippen molar-refractivity contribution in [1.29, 1.82) is 0 Å². The SMILES string of the molecule is Cc1ccc(-c2nc(-c3ccc(C)cc3)nc(-c3ccc(OCC4CO4)cc3O)n2)cc1. The smallest absolute Gasteiger partial charge is 0.167 e. The van der Waals surface area contributed by atoms with Gasteiger partial charge in [0.2, 0.25) is 0 Å². The van der Waals surface area contributed by atoms with Gasteiger partial charge in [-0.05, 0) is 26.0 Å². The van der Waals surface area contributed by atoms with E-state index in [1.54, 1.807) is 18.2 Å². The molecular weight excluding hydrogens is 402 g/mol. The largest absolute Gasteiger partial charge is 0.507 e. The Bertz CT molecular complexity index is 1190. The summed E-state index contributed by atoms with van der Waals surface area (Å²) in [6.45, 7) is 5.27. The molecule has 1 N–H and O–H groups in total. The van der Waals surface area contributed by atoms with E-state index in [0.29, 0.717) is 35.4 Å². The maximum Gasteiger partial charge on any atom is 0.167 e. The molecule has 0 aliphatic carbocycles. The Kier molecular flexibility index (Phi) is 5.29. The van der Waals surface area contributed by atoms with Crippen LogP contribution >= 0.6 is 0 Å². The third-order valence-corrected chi connectivity index (χ3v) is 5.30. The van der Waals surface area contributed by atoms with Gasteiger partial charge in [0.25, 0.3) is 0 Å². The first-order valence-corrected chi connectivity index (χ1v) is 10.5. The van der Waals surface area contributed by atoms with Crippen molar-refractivity contribution in [3.8, 4) is 45.7 Å². The van der Waals surface area contributed by atoms with Gasteiger partial charge in [-0.3, -0.25) is 0 Å². The van der Waals surface area contributed by atoms with Crippen molar-refractivity contribution in [1.82, 2.24) is 15.0 Å². The molecule has 0 amide bonds. The molecular formula is C26H23N3O3. The Hall–Kier alpha value is -3.77. The number of nitrogens with zero attached hydrogens (tertiary/aromatic N) is 3. The molecule has 1 aliphatic heterocycles. The quantitative estimate of drug-likeness (QED) is 0.439. The summed E-state index contributed by atoms with van der Waals surface area (Å²) in [5, 5.41) is 10.7. The number of hydrogen-bond acceptors (Lipinski definition) is 6. The molecule has 1 aliphatic rings. The Morgan fingerprint density at radius 3 is 1.84 bits per heavy atom. The first-order chi connectivity index (χ1) is 15.5. The second kappa shape index (κ2) is 8.40. The third-order valence-electron chi connectivity index (χ3n) is 5.30. The normalized spacial score (nSPS) is 14.9. The van der Waals surface area contributed by atoms with Gasteiger partial charge in [-0.1, -0.05) is 59.7 Å². The number of benzene rings is 3. The van der Waals surface area contributed by atoms with Crippen molar-refractivity contribution in [2.75, 3.05) is 13.2 Å². The van der Waals surface area contributed by atoms with E-state index in [2.05, 4.69) is 9.97 Å². The average molecular weight is 425 g/mol. The molecule has 3 aromatic carbocycles. The van der Waals surface area contributed by atoms with Crippen LogP contribution in [0.2, 0.25) is 0 Å². The summed E-state index contributed by atoms with van der Waals surface area (Å²) in [7, 11) is 0. The Morgan fingerprint density at radius 2 is 1.34 bits per heavy atom. The number of ether oxygens (including phenoxy) is 2. The van der Waals surface area contributed by atoms with E-state index in [1.165, 1.54) is 0 Å². The molecule has 0 spiro atoms. The van der Waals surface area contributed by atoms with Crippen molar-refractivity contribution in [2.45, 2.75) is 20.0 Å². The molecule has 6 nitrogen and oxygen atoms in total. The molecule has 1 saturated heterocycles. The van der Waals surface area contributed by atoms with Crippen LogP contribution in [-0.2, 0) is 4.74 Å². The highest BCUT2D eigenvalue weighted by Crippen LogP contribution is 2.33. The molecule has 1 atom stereocenters. The minimum absolute atomic E-state index is 0.0510. The van der Waals surface area contributed by atoms with Crippen LogP contribution in [0.4, 0.5) is 0 Å². The molecule has 0 bridgehead atoms. The van der Waals surface area contributed by atoms with E-state index in [-0.39, 0.29) is 11.9 Å². The van der Waals surface area contributed by atoms with Gasteiger partial charge in [0.15, 0.2) is 17.5 Å².